The Morgan fingerprint density at radius 1 is 1.43 bits per heavy atom. The number of aromatic nitrogens is 2. The van der Waals surface area contributed by atoms with Gasteiger partial charge in [-0.2, -0.15) is 0 Å². The number of nitrogens with zero attached hydrogens (tertiary/aromatic N) is 2. The van der Waals surface area contributed by atoms with Gasteiger partial charge in [0.25, 0.3) is 0 Å². The van der Waals surface area contributed by atoms with Crippen LogP contribution < -0.4 is 22.5 Å². The molecule has 0 aromatic carbocycles. The second-order valence-corrected chi connectivity index (χ2v) is 6.02. The minimum Gasteiger partial charge on any atom is -0.368 e. The molecule has 1 unspecified atom stereocenters. The molecule has 9 nitrogen and oxygen atoms in total. The first kappa shape index (κ1) is 19.1. The number of carbonyl (C=O) groups excluding carboxylic acids is 3. The van der Waals surface area contributed by atoms with E-state index in [0.717, 1.165) is 17.5 Å². The standard InChI is InChI=1S/C13H22N6O3S/c1-19-7-17-5-8(19)4-10(18-11(20)2-3-14)13(22)23-6-9(15)12(16)21/h5,7,9-10H,2-4,6,14-15H2,1H3,(H2,16,21)(H,18,20)/t9?,10-/m0/s1. The maximum absolute atomic E-state index is 12.3. The lowest BCUT2D eigenvalue weighted by Crippen LogP contribution is -2.44. The molecule has 0 aliphatic carbocycles. The molecule has 2 atom stereocenters. The summed E-state index contributed by atoms with van der Waals surface area (Å²) in [4.78, 5) is 39.0. The number of hydrogen-bond donors (Lipinski definition) is 4. The van der Waals surface area contributed by atoms with Gasteiger partial charge in [0.1, 0.15) is 6.04 Å². The molecule has 1 rings (SSSR count). The molecule has 0 spiro atoms. The topological polar surface area (TPSA) is 159 Å². The van der Waals surface area contributed by atoms with E-state index in [2.05, 4.69) is 10.3 Å². The summed E-state index contributed by atoms with van der Waals surface area (Å²) in [6.07, 6.45) is 3.63. The van der Waals surface area contributed by atoms with Crippen LogP contribution in [-0.4, -0.2) is 50.9 Å². The molecule has 1 heterocycles. The van der Waals surface area contributed by atoms with Crippen LogP contribution in [0, 0.1) is 0 Å². The van der Waals surface area contributed by atoms with E-state index >= 15 is 0 Å². The third kappa shape index (κ3) is 6.38. The molecule has 23 heavy (non-hydrogen) atoms. The Hall–Kier alpha value is -1.91. The van der Waals surface area contributed by atoms with E-state index in [1.165, 1.54) is 0 Å². The van der Waals surface area contributed by atoms with Gasteiger partial charge in [0.05, 0.1) is 12.4 Å². The number of amides is 2. The van der Waals surface area contributed by atoms with Gasteiger partial charge >= 0.3 is 0 Å². The summed E-state index contributed by atoms with van der Waals surface area (Å²) >= 11 is 0.868. The van der Waals surface area contributed by atoms with Crippen molar-refractivity contribution in [3.8, 4) is 0 Å². The van der Waals surface area contributed by atoms with Crippen molar-refractivity contribution in [1.82, 2.24) is 14.9 Å². The van der Waals surface area contributed by atoms with Crippen molar-refractivity contribution in [3.05, 3.63) is 18.2 Å². The minimum absolute atomic E-state index is 0.0583. The van der Waals surface area contributed by atoms with Crippen LogP contribution in [0.3, 0.4) is 0 Å². The second kappa shape index (κ2) is 9.28. The van der Waals surface area contributed by atoms with Gasteiger partial charge in [-0.1, -0.05) is 11.8 Å². The Labute approximate surface area is 138 Å². The molecule has 0 saturated carbocycles. The molecule has 10 heteroatoms. The summed E-state index contributed by atoms with van der Waals surface area (Å²) in [5, 5.41) is 2.35. The molecule has 1 aromatic rings. The monoisotopic (exact) mass is 342 g/mol. The quantitative estimate of drug-likeness (QED) is 0.399. The van der Waals surface area contributed by atoms with E-state index in [4.69, 9.17) is 17.2 Å². The van der Waals surface area contributed by atoms with E-state index in [-0.39, 0.29) is 36.2 Å². The van der Waals surface area contributed by atoms with Crippen molar-refractivity contribution in [2.75, 3.05) is 12.3 Å². The molecule has 0 bridgehead atoms. The Morgan fingerprint density at radius 2 is 2.13 bits per heavy atom. The maximum atomic E-state index is 12.3. The molecule has 0 fully saturated rings. The van der Waals surface area contributed by atoms with E-state index in [1.54, 1.807) is 24.1 Å². The first-order chi connectivity index (χ1) is 10.8. The number of imidazole rings is 1. The highest BCUT2D eigenvalue weighted by atomic mass is 32.2. The first-order valence-corrected chi connectivity index (χ1v) is 7.99. The lowest BCUT2D eigenvalue weighted by Gasteiger charge is -2.18. The molecule has 7 N–H and O–H groups in total. The zero-order chi connectivity index (χ0) is 17.4. The predicted molar refractivity (Wildman–Crippen MR) is 87.1 cm³/mol. The Balaban J connectivity index is 2.73. The molecular formula is C13H22N6O3S. The molecule has 0 aliphatic heterocycles. The number of aryl methyl sites for hydroxylation is 1. The van der Waals surface area contributed by atoms with Crippen LogP contribution in [-0.2, 0) is 27.9 Å². The number of rotatable bonds is 9. The van der Waals surface area contributed by atoms with E-state index in [0.29, 0.717) is 0 Å². The van der Waals surface area contributed by atoms with Crippen molar-refractivity contribution < 1.29 is 14.4 Å². The Bertz CT molecular complexity index is 562. The van der Waals surface area contributed by atoms with Crippen molar-refractivity contribution in [1.29, 1.82) is 0 Å². The number of nitrogens with one attached hydrogen (secondary N) is 1. The number of nitrogens with two attached hydrogens (primary N) is 3. The van der Waals surface area contributed by atoms with Gasteiger partial charge in [0.15, 0.2) is 0 Å². The van der Waals surface area contributed by atoms with Crippen LogP contribution in [0.15, 0.2) is 12.5 Å². The summed E-state index contributed by atoms with van der Waals surface area (Å²) in [6, 6.07) is -1.67. The Kier molecular flexibility index (Phi) is 7.72. The highest BCUT2D eigenvalue weighted by Crippen LogP contribution is 2.12. The largest absolute Gasteiger partial charge is 0.368 e. The maximum Gasteiger partial charge on any atom is 0.235 e. The van der Waals surface area contributed by atoms with Crippen molar-refractivity contribution in [2.24, 2.45) is 24.2 Å². The lowest BCUT2D eigenvalue weighted by molar-refractivity contribution is -0.124. The zero-order valence-electron chi connectivity index (χ0n) is 12.9. The predicted octanol–water partition coefficient (Wildman–Crippen LogP) is -2.13. The van der Waals surface area contributed by atoms with Gasteiger partial charge in [0, 0.05) is 44.1 Å². The zero-order valence-corrected chi connectivity index (χ0v) is 13.7. The summed E-state index contributed by atoms with van der Waals surface area (Å²) in [5.74, 6) is -0.934. The average molecular weight is 342 g/mol. The number of hydrogen-bond acceptors (Lipinski definition) is 7. The van der Waals surface area contributed by atoms with Crippen molar-refractivity contribution in [2.45, 2.75) is 24.9 Å². The molecule has 0 saturated heterocycles. The molecule has 128 valence electrons. The van der Waals surface area contributed by atoms with Gasteiger partial charge in [0.2, 0.25) is 16.9 Å². The lowest BCUT2D eigenvalue weighted by atomic mass is 10.1. The van der Waals surface area contributed by atoms with Gasteiger partial charge < -0.3 is 27.1 Å². The highest BCUT2D eigenvalue weighted by Gasteiger charge is 2.24. The minimum atomic E-state index is -0.916. The Morgan fingerprint density at radius 3 is 2.65 bits per heavy atom. The number of thioether (sulfide) groups is 1. The van der Waals surface area contributed by atoms with E-state index < -0.39 is 18.0 Å². The first-order valence-electron chi connectivity index (χ1n) is 7.01. The fourth-order valence-corrected chi connectivity index (χ4v) is 2.59. The molecular weight excluding hydrogens is 320 g/mol. The third-order valence-electron chi connectivity index (χ3n) is 3.09. The van der Waals surface area contributed by atoms with Crippen LogP contribution in [0.25, 0.3) is 0 Å². The van der Waals surface area contributed by atoms with Gasteiger partial charge in [-0.15, -0.1) is 0 Å². The van der Waals surface area contributed by atoms with Crippen LogP contribution in [0.5, 0.6) is 0 Å². The second-order valence-electron chi connectivity index (χ2n) is 5.00. The third-order valence-corrected chi connectivity index (χ3v) is 4.19. The molecule has 0 aliphatic rings. The average Bonchev–Trinajstić information content (AvgIpc) is 2.89. The fraction of sp³-hybridized carbons (Fsp3) is 0.538. The van der Waals surface area contributed by atoms with Crippen LogP contribution in [0.4, 0.5) is 0 Å². The van der Waals surface area contributed by atoms with Crippen LogP contribution >= 0.6 is 11.8 Å². The number of primary amides is 1. The van der Waals surface area contributed by atoms with Gasteiger partial charge in [-0.25, -0.2) is 4.98 Å². The summed E-state index contributed by atoms with van der Waals surface area (Å²) in [6.45, 7) is 0.193. The van der Waals surface area contributed by atoms with Gasteiger partial charge in [-0.05, 0) is 0 Å². The van der Waals surface area contributed by atoms with Crippen LogP contribution in [0.2, 0.25) is 0 Å². The highest BCUT2D eigenvalue weighted by molar-refractivity contribution is 8.13. The molecule has 1 aromatic heterocycles. The van der Waals surface area contributed by atoms with Crippen molar-refractivity contribution >= 4 is 28.7 Å². The SMILES string of the molecule is Cn1cncc1C[C@H](NC(=O)CCN)C(=O)SCC(N)C(N)=O. The smallest absolute Gasteiger partial charge is 0.235 e. The molecule has 2 amide bonds. The van der Waals surface area contributed by atoms with E-state index in [9.17, 15) is 14.4 Å². The van der Waals surface area contributed by atoms with Crippen LogP contribution in [0.1, 0.15) is 12.1 Å². The summed E-state index contributed by atoms with van der Waals surface area (Å²) in [7, 11) is 1.79. The summed E-state index contributed by atoms with van der Waals surface area (Å²) in [5.41, 5.74) is 16.7. The molecule has 0 radical (unpaired) electrons. The van der Waals surface area contributed by atoms with Crippen molar-refractivity contribution in [3.63, 3.8) is 0 Å². The van der Waals surface area contributed by atoms with Gasteiger partial charge in [-0.3, -0.25) is 14.4 Å². The van der Waals surface area contributed by atoms with E-state index in [1.807, 2.05) is 0 Å². The summed E-state index contributed by atoms with van der Waals surface area (Å²) < 4.78 is 1.76. The fourth-order valence-electron chi connectivity index (χ4n) is 1.74. The normalized spacial score (nSPS) is 13.3. The number of carbonyl (C=O) groups is 3.